The van der Waals surface area contributed by atoms with Crippen molar-refractivity contribution in [3.05, 3.63) is 47.3 Å². The van der Waals surface area contributed by atoms with Crippen LogP contribution in [-0.4, -0.2) is 10.8 Å². The van der Waals surface area contributed by atoms with E-state index in [1.54, 1.807) is 11.3 Å². The Morgan fingerprint density at radius 1 is 1.16 bits per heavy atom. The summed E-state index contributed by atoms with van der Waals surface area (Å²) in [7, 11) is 0. The highest BCUT2D eigenvalue weighted by atomic mass is 32.1. The van der Waals surface area contributed by atoms with Gasteiger partial charge >= 0.3 is 0 Å². The minimum absolute atomic E-state index is 0.248. The molecule has 0 saturated heterocycles. The highest BCUT2D eigenvalue weighted by molar-refractivity contribution is 7.13. The summed E-state index contributed by atoms with van der Waals surface area (Å²) in [5, 5.41) is 3.11. The van der Waals surface area contributed by atoms with E-state index >= 15 is 0 Å². The SMILES string of the molecule is O=C(c1c(-c2cccs2)[nH]c2ccccc12)C1CC1. The van der Waals surface area contributed by atoms with Crippen molar-refractivity contribution in [3.8, 4) is 10.6 Å². The van der Waals surface area contributed by atoms with Gasteiger partial charge in [-0.1, -0.05) is 24.3 Å². The molecule has 4 rings (SSSR count). The zero-order chi connectivity index (χ0) is 12.8. The number of thiophene rings is 1. The summed E-state index contributed by atoms with van der Waals surface area (Å²) in [5.41, 5.74) is 2.93. The zero-order valence-electron chi connectivity index (χ0n) is 10.3. The third kappa shape index (κ3) is 1.73. The Kier molecular flexibility index (Phi) is 2.35. The summed E-state index contributed by atoms with van der Waals surface area (Å²) in [4.78, 5) is 17.1. The molecule has 19 heavy (non-hydrogen) atoms. The molecular weight excluding hydrogens is 254 g/mol. The Morgan fingerprint density at radius 3 is 2.74 bits per heavy atom. The molecule has 2 nitrogen and oxygen atoms in total. The van der Waals surface area contributed by atoms with Crippen molar-refractivity contribution in [1.82, 2.24) is 4.98 Å². The van der Waals surface area contributed by atoms with Crippen LogP contribution in [0.25, 0.3) is 21.5 Å². The number of aromatic nitrogens is 1. The molecule has 0 atom stereocenters. The Morgan fingerprint density at radius 2 is 2.00 bits per heavy atom. The first kappa shape index (κ1) is 11.0. The summed E-state index contributed by atoms with van der Waals surface area (Å²) in [6.07, 6.45) is 2.09. The molecule has 3 aromatic rings. The highest BCUT2D eigenvalue weighted by Gasteiger charge is 2.33. The normalized spacial score (nSPS) is 14.9. The number of hydrogen-bond donors (Lipinski definition) is 1. The van der Waals surface area contributed by atoms with E-state index in [-0.39, 0.29) is 5.92 Å². The smallest absolute Gasteiger partial charge is 0.168 e. The predicted molar refractivity (Wildman–Crippen MR) is 78.7 cm³/mol. The van der Waals surface area contributed by atoms with Gasteiger partial charge in [0, 0.05) is 16.8 Å². The molecule has 1 aliphatic carbocycles. The van der Waals surface area contributed by atoms with Crippen LogP contribution < -0.4 is 0 Å². The second-order valence-electron chi connectivity index (χ2n) is 5.04. The second kappa shape index (κ2) is 4.07. The zero-order valence-corrected chi connectivity index (χ0v) is 11.2. The Labute approximate surface area is 115 Å². The summed E-state index contributed by atoms with van der Waals surface area (Å²) < 4.78 is 0. The van der Waals surface area contributed by atoms with Crippen LogP contribution in [0.1, 0.15) is 23.2 Å². The van der Waals surface area contributed by atoms with Gasteiger partial charge in [0.15, 0.2) is 5.78 Å². The average molecular weight is 267 g/mol. The van der Waals surface area contributed by atoms with Crippen LogP contribution in [0.2, 0.25) is 0 Å². The summed E-state index contributed by atoms with van der Waals surface area (Å²) in [5.74, 6) is 0.554. The molecule has 0 spiro atoms. The van der Waals surface area contributed by atoms with E-state index in [4.69, 9.17) is 0 Å². The lowest BCUT2D eigenvalue weighted by Gasteiger charge is -2.01. The van der Waals surface area contributed by atoms with Gasteiger partial charge in [-0.15, -0.1) is 11.3 Å². The van der Waals surface area contributed by atoms with Crippen LogP contribution in [0.3, 0.4) is 0 Å². The predicted octanol–water partition coefficient (Wildman–Crippen LogP) is 4.49. The van der Waals surface area contributed by atoms with Gasteiger partial charge in [0.25, 0.3) is 0 Å². The number of nitrogens with one attached hydrogen (secondary N) is 1. The third-order valence-corrected chi connectivity index (χ3v) is 4.56. The number of ketones is 1. The third-order valence-electron chi connectivity index (χ3n) is 3.67. The fourth-order valence-corrected chi connectivity index (χ4v) is 3.28. The number of H-pyrrole nitrogens is 1. The van der Waals surface area contributed by atoms with Crippen molar-refractivity contribution in [2.24, 2.45) is 5.92 Å². The van der Waals surface area contributed by atoms with Gasteiger partial charge in [0.05, 0.1) is 16.1 Å². The quantitative estimate of drug-likeness (QED) is 0.697. The fraction of sp³-hybridized carbons (Fsp3) is 0.188. The minimum atomic E-state index is 0.248. The van der Waals surface area contributed by atoms with Gasteiger partial charge in [-0.05, 0) is 30.4 Å². The number of Topliss-reactive ketones (excluding diaryl/α,β-unsaturated/α-hetero) is 1. The molecule has 1 fully saturated rings. The van der Waals surface area contributed by atoms with E-state index in [0.29, 0.717) is 5.78 Å². The van der Waals surface area contributed by atoms with Crippen LogP contribution in [0.15, 0.2) is 41.8 Å². The summed E-state index contributed by atoms with van der Waals surface area (Å²) in [6, 6.07) is 12.2. The monoisotopic (exact) mass is 267 g/mol. The number of carbonyl (C=O) groups is 1. The van der Waals surface area contributed by atoms with E-state index in [2.05, 4.69) is 11.1 Å². The fourth-order valence-electron chi connectivity index (χ4n) is 2.55. The molecule has 1 saturated carbocycles. The van der Waals surface area contributed by atoms with E-state index in [1.807, 2.05) is 35.7 Å². The summed E-state index contributed by atoms with van der Waals surface area (Å²) >= 11 is 1.67. The van der Waals surface area contributed by atoms with Crippen molar-refractivity contribution in [1.29, 1.82) is 0 Å². The molecular formula is C16H13NOS. The first-order chi connectivity index (χ1) is 9.34. The highest BCUT2D eigenvalue weighted by Crippen LogP contribution is 2.39. The van der Waals surface area contributed by atoms with Crippen molar-refractivity contribution in [2.75, 3.05) is 0 Å². The molecule has 1 N–H and O–H groups in total. The number of hydrogen-bond acceptors (Lipinski definition) is 2. The van der Waals surface area contributed by atoms with Crippen molar-refractivity contribution in [2.45, 2.75) is 12.8 Å². The second-order valence-corrected chi connectivity index (χ2v) is 5.98. The number of para-hydroxylation sites is 1. The molecule has 2 heterocycles. The first-order valence-electron chi connectivity index (χ1n) is 6.53. The summed E-state index contributed by atoms with van der Waals surface area (Å²) in [6.45, 7) is 0. The molecule has 0 radical (unpaired) electrons. The Hall–Kier alpha value is -1.87. The van der Waals surface area contributed by atoms with Crippen LogP contribution >= 0.6 is 11.3 Å². The van der Waals surface area contributed by atoms with Gasteiger partial charge < -0.3 is 4.98 Å². The van der Waals surface area contributed by atoms with Crippen LogP contribution in [0.5, 0.6) is 0 Å². The lowest BCUT2D eigenvalue weighted by molar-refractivity contribution is 0.0970. The van der Waals surface area contributed by atoms with Crippen LogP contribution in [-0.2, 0) is 0 Å². The van der Waals surface area contributed by atoms with Gasteiger partial charge in [-0.25, -0.2) is 0 Å². The molecule has 2 aromatic heterocycles. The van der Waals surface area contributed by atoms with Gasteiger partial charge in [0.2, 0.25) is 0 Å². The number of rotatable bonds is 3. The lowest BCUT2D eigenvalue weighted by Crippen LogP contribution is -2.01. The number of aromatic amines is 1. The molecule has 1 aromatic carbocycles. The molecule has 0 aliphatic heterocycles. The molecule has 3 heteroatoms. The average Bonchev–Trinajstić information content (AvgIpc) is 3.01. The standard InChI is InChI=1S/C16H13NOS/c18-16(10-7-8-10)14-11-4-1-2-5-12(11)17-15(14)13-6-3-9-19-13/h1-6,9-10,17H,7-8H2. The molecule has 1 aliphatic rings. The maximum absolute atomic E-state index is 12.6. The molecule has 0 amide bonds. The van der Waals surface area contributed by atoms with E-state index in [1.165, 1.54) is 0 Å². The Balaban J connectivity index is 2.00. The first-order valence-corrected chi connectivity index (χ1v) is 7.41. The van der Waals surface area contributed by atoms with Crippen molar-refractivity contribution >= 4 is 28.0 Å². The maximum Gasteiger partial charge on any atom is 0.168 e. The molecule has 0 unspecified atom stereocenters. The van der Waals surface area contributed by atoms with Gasteiger partial charge in [0.1, 0.15) is 0 Å². The number of benzene rings is 1. The van der Waals surface area contributed by atoms with E-state index < -0.39 is 0 Å². The van der Waals surface area contributed by atoms with Crippen molar-refractivity contribution < 1.29 is 4.79 Å². The topological polar surface area (TPSA) is 32.9 Å². The Bertz CT molecular complexity index is 750. The maximum atomic E-state index is 12.6. The largest absolute Gasteiger partial charge is 0.353 e. The molecule has 0 bridgehead atoms. The van der Waals surface area contributed by atoms with Gasteiger partial charge in [-0.3, -0.25) is 4.79 Å². The van der Waals surface area contributed by atoms with E-state index in [0.717, 1.165) is 39.9 Å². The molecule has 94 valence electrons. The van der Waals surface area contributed by atoms with E-state index in [9.17, 15) is 4.79 Å². The lowest BCUT2D eigenvalue weighted by atomic mass is 10.0. The van der Waals surface area contributed by atoms with Crippen molar-refractivity contribution in [3.63, 3.8) is 0 Å². The number of carbonyl (C=O) groups excluding carboxylic acids is 1. The van der Waals surface area contributed by atoms with Crippen LogP contribution in [0.4, 0.5) is 0 Å². The number of fused-ring (bicyclic) bond motifs is 1. The minimum Gasteiger partial charge on any atom is -0.353 e. The van der Waals surface area contributed by atoms with Gasteiger partial charge in [-0.2, -0.15) is 0 Å². The van der Waals surface area contributed by atoms with Crippen LogP contribution in [0, 0.1) is 5.92 Å².